The summed E-state index contributed by atoms with van der Waals surface area (Å²) in [4.78, 5) is 0. The summed E-state index contributed by atoms with van der Waals surface area (Å²) in [6.45, 7) is 0.913. The molecule has 0 aromatic heterocycles. The Balaban J connectivity index is 0.000000249. The summed E-state index contributed by atoms with van der Waals surface area (Å²) in [7, 11) is -5.84. The Hall–Kier alpha value is -0.760. The molecule has 1 aliphatic heterocycles. The molecule has 8 heteroatoms. The summed E-state index contributed by atoms with van der Waals surface area (Å²) in [5.74, 6) is 0. The molecular weight excluding hydrogens is 225 g/mol. The van der Waals surface area contributed by atoms with E-state index in [-0.39, 0.29) is 0 Å². The van der Waals surface area contributed by atoms with Gasteiger partial charge in [0.2, 0.25) is 0 Å². The standard InChI is InChI=1S/C5H8O.CHF3O3S/c1-2-4-6-5-3-1;2-1(3,4)8(5,6)7/h2,4H,1,3,5H2;(H,5,6,7). The van der Waals surface area contributed by atoms with Gasteiger partial charge in [0.15, 0.2) is 0 Å². The first kappa shape index (κ1) is 13.2. The molecule has 14 heavy (non-hydrogen) atoms. The van der Waals surface area contributed by atoms with Gasteiger partial charge in [-0.3, -0.25) is 4.55 Å². The molecule has 1 heterocycles. The molecule has 0 saturated heterocycles. The summed E-state index contributed by atoms with van der Waals surface area (Å²) in [5, 5.41) is 0. The highest BCUT2D eigenvalue weighted by molar-refractivity contribution is 7.86. The zero-order valence-corrected chi connectivity index (χ0v) is 7.81. The summed E-state index contributed by atoms with van der Waals surface area (Å²) in [5.41, 5.74) is -5.53. The van der Waals surface area contributed by atoms with Gasteiger partial charge in [-0.15, -0.1) is 0 Å². The molecule has 0 aromatic rings. The number of rotatable bonds is 0. The van der Waals surface area contributed by atoms with E-state index in [1.807, 2.05) is 6.08 Å². The zero-order valence-electron chi connectivity index (χ0n) is 6.99. The van der Waals surface area contributed by atoms with Crippen molar-refractivity contribution in [3.05, 3.63) is 12.3 Å². The number of alkyl halides is 3. The van der Waals surface area contributed by atoms with Crippen LogP contribution in [-0.4, -0.2) is 25.1 Å². The van der Waals surface area contributed by atoms with Crippen LogP contribution in [0, 0.1) is 0 Å². The van der Waals surface area contributed by atoms with Crippen molar-refractivity contribution in [2.24, 2.45) is 0 Å². The first-order chi connectivity index (χ1) is 6.25. The topological polar surface area (TPSA) is 63.6 Å². The number of allylic oxidation sites excluding steroid dienone is 1. The molecule has 84 valence electrons. The lowest BCUT2D eigenvalue weighted by Crippen LogP contribution is -2.21. The Kier molecular flexibility index (Phi) is 4.92. The summed E-state index contributed by atoms with van der Waals surface area (Å²) in [6, 6.07) is 0. The molecule has 1 N–H and O–H groups in total. The molecule has 4 nitrogen and oxygen atoms in total. The second-order valence-corrected chi connectivity index (χ2v) is 3.72. The van der Waals surface area contributed by atoms with Crippen LogP contribution in [-0.2, 0) is 14.9 Å². The van der Waals surface area contributed by atoms with E-state index < -0.39 is 15.6 Å². The Morgan fingerprint density at radius 1 is 1.36 bits per heavy atom. The maximum Gasteiger partial charge on any atom is 0.522 e. The van der Waals surface area contributed by atoms with Gasteiger partial charge in [0.25, 0.3) is 0 Å². The van der Waals surface area contributed by atoms with Gasteiger partial charge in [0.1, 0.15) is 0 Å². The van der Waals surface area contributed by atoms with Gasteiger partial charge < -0.3 is 4.74 Å². The third-order valence-electron chi connectivity index (χ3n) is 1.12. The zero-order chi connectivity index (χ0) is 11.2. The van der Waals surface area contributed by atoms with Gasteiger partial charge in [-0.05, 0) is 18.9 Å². The number of halogens is 3. The Morgan fingerprint density at radius 2 is 1.86 bits per heavy atom. The van der Waals surface area contributed by atoms with Crippen LogP contribution in [0.25, 0.3) is 0 Å². The maximum atomic E-state index is 10.7. The van der Waals surface area contributed by atoms with Crippen molar-refractivity contribution in [2.75, 3.05) is 6.61 Å². The fourth-order valence-electron chi connectivity index (χ4n) is 0.489. The minimum absolute atomic E-state index is 0.913. The van der Waals surface area contributed by atoms with Crippen LogP contribution in [0.1, 0.15) is 12.8 Å². The highest BCUT2D eigenvalue weighted by atomic mass is 32.2. The summed E-state index contributed by atoms with van der Waals surface area (Å²) >= 11 is 0. The maximum absolute atomic E-state index is 10.7. The lowest BCUT2D eigenvalue weighted by Gasteiger charge is -2.01. The van der Waals surface area contributed by atoms with Gasteiger partial charge in [0, 0.05) is 0 Å². The van der Waals surface area contributed by atoms with Crippen LogP contribution >= 0.6 is 0 Å². The minimum atomic E-state index is -5.84. The van der Waals surface area contributed by atoms with Crippen molar-refractivity contribution in [1.29, 1.82) is 0 Å². The fraction of sp³-hybridized carbons (Fsp3) is 0.667. The van der Waals surface area contributed by atoms with Crippen LogP contribution < -0.4 is 0 Å². The largest absolute Gasteiger partial charge is 0.522 e. The molecule has 0 fully saturated rings. The van der Waals surface area contributed by atoms with Crippen molar-refractivity contribution >= 4 is 10.1 Å². The third kappa shape index (κ3) is 5.81. The highest BCUT2D eigenvalue weighted by Gasteiger charge is 2.44. The molecule has 1 rings (SSSR count). The predicted octanol–water partition coefficient (Wildman–Crippen LogP) is 1.70. The molecule has 0 spiro atoms. The summed E-state index contributed by atoms with van der Waals surface area (Å²) in [6.07, 6.45) is 6.20. The minimum Gasteiger partial charge on any atom is -0.502 e. The molecule has 0 amide bonds. The van der Waals surface area contributed by atoms with E-state index in [1.165, 1.54) is 12.8 Å². The number of hydrogen-bond acceptors (Lipinski definition) is 3. The number of hydrogen-bond donors (Lipinski definition) is 1. The molecule has 0 saturated carbocycles. The molecular formula is C6H9F3O4S. The van der Waals surface area contributed by atoms with Crippen LogP contribution in [0.15, 0.2) is 12.3 Å². The van der Waals surface area contributed by atoms with Gasteiger partial charge in [-0.2, -0.15) is 21.6 Å². The predicted molar refractivity (Wildman–Crippen MR) is 41.9 cm³/mol. The van der Waals surface area contributed by atoms with Crippen molar-refractivity contribution < 1.29 is 30.9 Å². The Labute approximate surface area is 79.1 Å². The summed E-state index contributed by atoms with van der Waals surface area (Å²) < 4.78 is 62.4. The van der Waals surface area contributed by atoms with Gasteiger partial charge in [0.05, 0.1) is 12.9 Å². The third-order valence-corrected chi connectivity index (χ3v) is 1.70. The van der Waals surface area contributed by atoms with Crippen molar-refractivity contribution in [3.63, 3.8) is 0 Å². The van der Waals surface area contributed by atoms with E-state index >= 15 is 0 Å². The van der Waals surface area contributed by atoms with Gasteiger partial charge >= 0.3 is 15.6 Å². The Morgan fingerprint density at radius 3 is 1.93 bits per heavy atom. The van der Waals surface area contributed by atoms with E-state index in [2.05, 4.69) is 0 Å². The lowest BCUT2D eigenvalue weighted by molar-refractivity contribution is -0.0510. The molecule has 0 bridgehead atoms. The van der Waals surface area contributed by atoms with Gasteiger partial charge in [-0.1, -0.05) is 0 Å². The first-order valence-electron chi connectivity index (χ1n) is 3.55. The second kappa shape index (κ2) is 5.20. The van der Waals surface area contributed by atoms with Crippen LogP contribution in [0.5, 0.6) is 0 Å². The highest BCUT2D eigenvalue weighted by Crippen LogP contribution is 2.20. The molecule has 0 aromatic carbocycles. The van der Waals surface area contributed by atoms with E-state index in [0.29, 0.717) is 0 Å². The second-order valence-electron chi connectivity index (χ2n) is 2.31. The van der Waals surface area contributed by atoms with E-state index in [9.17, 15) is 13.2 Å². The van der Waals surface area contributed by atoms with Crippen LogP contribution in [0.2, 0.25) is 0 Å². The quantitative estimate of drug-likeness (QED) is 0.512. The molecule has 0 radical (unpaired) electrons. The van der Waals surface area contributed by atoms with Crippen molar-refractivity contribution in [2.45, 2.75) is 18.3 Å². The van der Waals surface area contributed by atoms with E-state index in [0.717, 1.165) is 6.61 Å². The van der Waals surface area contributed by atoms with E-state index in [4.69, 9.17) is 17.7 Å². The Bertz CT molecular complexity index is 272. The first-order valence-corrected chi connectivity index (χ1v) is 4.99. The average molecular weight is 234 g/mol. The van der Waals surface area contributed by atoms with Crippen molar-refractivity contribution in [1.82, 2.24) is 0 Å². The molecule has 0 atom stereocenters. The van der Waals surface area contributed by atoms with Crippen LogP contribution in [0.4, 0.5) is 13.2 Å². The smallest absolute Gasteiger partial charge is 0.502 e. The lowest BCUT2D eigenvalue weighted by atomic mass is 10.3. The van der Waals surface area contributed by atoms with Crippen LogP contribution in [0.3, 0.4) is 0 Å². The average Bonchev–Trinajstić information content (AvgIpc) is 2.05. The monoisotopic (exact) mass is 234 g/mol. The van der Waals surface area contributed by atoms with E-state index in [1.54, 1.807) is 6.26 Å². The van der Waals surface area contributed by atoms with Gasteiger partial charge in [-0.25, -0.2) is 0 Å². The molecule has 1 aliphatic rings. The SMILES string of the molecule is C1=COCCC1.O=S(=O)(O)C(F)(F)F. The molecule has 0 unspecified atom stereocenters. The van der Waals surface area contributed by atoms with Crippen molar-refractivity contribution in [3.8, 4) is 0 Å². The number of ether oxygens (including phenoxy) is 1. The normalized spacial score (nSPS) is 16.6. The molecule has 0 aliphatic carbocycles. The fourth-order valence-corrected chi connectivity index (χ4v) is 0.489.